The van der Waals surface area contributed by atoms with Crippen molar-refractivity contribution in [3.05, 3.63) is 28.5 Å². The lowest BCUT2D eigenvalue weighted by atomic mass is 10.1. The zero-order valence-corrected chi connectivity index (χ0v) is 8.84. The summed E-state index contributed by atoms with van der Waals surface area (Å²) in [5.74, 6) is 0. The van der Waals surface area contributed by atoms with Crippen molar-refractivity contribution in [2.45, 2.75) is 6.04 Å². The Bertz CT molecular complexity index is 284. The standard InChI is InChI=1S/C9H12BrN3/c10-9-5-7(1-2-13-9)8-6-11-3-4-12-8/h1-2,5,8,11-12H,3-4,6H2/t8-/m1/s1. The molecule has 2 rings (SSSR count). The Hall–Kier alpha value is -0.450. The van der Waals surface area contributed by atoms with Crippen LogP contribution < -0.4 is 10.6 Å². The fourth-order valence-corrected chi connectivity index (χ4v) is 1.91. The summed E-state index contributed by atoms with van der Waals surface area (Å²) >= 11 is 3.37. The molecule has 1 aliphatic heterocycles. The second kappa shape index (κ2) is 4.17. The van der Waals surface area contributed by atoms with Crippen LogP contribution in [0, 0.1) is 0 Å². The molecule has 0 aromatic carbocycles. The molecule has 2 N–H and O–H groups in total. The van der Waals surface area contributed by atoms with Crippen LogP contribution in [-0.2, 0) is 0 Å². The van der Waals surface area contributed by atoms with Crippen molar-refractivity contribution < 1.29 is 0 Å². The summed E-state index contributed by atoms with van der Waals surface area (Å²) in [6.07, 6.45) is 1.83. The first kappa shape index (κ1) is 9.12. The summed E-state index contributed by atoms with van der Waals surface area (Å²) in [5.41, 5.74) is 1.29. The van der Waals surface area contributed by atoms with Crippen LogP contribution in [0.3, 0.4) is 0 Å². The molecule has 2 heterocycles. The lowest BCUT2D eigenvalue weighted by Crippen LogP contribution is -2.42. The Balaban J connectivity index is 2.14. The summed E-state index contributed by atoms with van der Waals surface area (Å²) in [6, 6.07) is 4.54. The highest BCUT2D eigenvalue weighted by atomic mass is 79.9. The van der Waals surface area contributed by atoms with E-state index in [2.05, 4.69) is 43.7 Å². The van der Waals surface area contributed by atoms with E-state index in [-0.39, 0.29) is 0 Å². The maximum atomic E-state index is 4.10. The number of halogens is 1. The predicted octanol–water partition coefficient (Wildman–Crippen LogP) is 1.08. The van der Waals surface area contributed by atoms with Gasteiger partial charge in [0.2, 0.25) is 0 Å². The monoisotopic (exact) mass is 241 g/mol. The fraction of sp³-hybridized carbons (Fsp3) is 0.444. The van der Waals surface area contributed by atoms with E-state index in [0.29, 0.717) is 6.04 Å². The molecule has 1 aromatic rings. The minimum Gasteiger partial charge on any atom is -0.314 e. The number of nitrogens with zero attached hydrogens (tertiary/aromatic N) is 1. The summed E-state index contributed by atoms with van der Waals surface area (Å²) in [4.78, 5) is 4.10. The van der Waals surface area contributed by atoms with Crippen molar-refractivity contribution in [3.8, 4) is 0 Å². The second-order valence-electron chi connectivity index (χ2n) is 3.12. The molecule has 13 heavy (non-hydrogen) atoms. The van der Waals surface area contributed by atoms with E-state index in [0.717, 1.165) is 24.2 Å². The molecule has 0 radical (unpaired) electrons. The Morgan fingerprint density at radius 3 is 3.08 bits per heavy atom. The molecule has 1 atom stereocenters. The lowest BCUT2D eigenvalue weighted by Gasteiger charge is -2.24. The van der Waals surface area contributed by atoms with Crippen molar-refractivity contribution in [2.75, 3.05) is 19.6 Å². The van der Waals surface area contributed by atoms with Gasteiger partial charge in [-0.05, 0) is 33.6 Å². The fourth-order valence-electron chi connectivity index (χ4n) is 1.52. The zero-order chi connectivity index (χ0) is 9.10. The van der Waals surface area contributed by atoms with Gasteiger partial charge < -0.3 is 10.6 Å². The first-order chi connectivity index (χ1) is 6.36. The number of piperazine rings is 1. The first-order valence-corrected chi connectivity index (χ1v) is 5.21. The van der Waals surface area contributed by atoms with Crippen molar-refractivity contribution in [1.82, 2.24) is 15.6 Å². The number of pyridine rings is 1. The molecular formula is C9H12BrN3. The molecule has 4 heteroatoms. The highest BCUT2D eigenvalue weighted by Crippen LogP contribution is 2.16. The van der Waals surface area contributed by atoms with Gasteiger partial charge in [-0.3, -0.25) is 0 Å². The molecule has 0 amide bonds. The van der Waals surface area contributed by atoms with Crippen molar-refractivity contribution in [2.24, 2.45) is 0 Å². The van der Waals surface area contributed by atoms with Crippen molar-refractivity contribution in [1.29, 1.82) is 0 Å². The van der Waals surface area contributed by atoms with E-state index in [1.165, 1.54) is 5.56 Å². The summed E-state index contributed by atoms with van der Waals surface area (Å²) in [7, 11) is 0. The maximum Gasteiger partial charge on any atom is 0.106 e. The molecular weight excluding hydrogens is 230 g/mol. The molecule has 1 aliphatic rings. The number of nitrogens with one attached hydrogen (secondary N) is 2. The van der Waals surface area contributed by atoms with Crippen molar-refractivity contribution >= 4 is 15.9 Å². The van der Waals surface area contributed by atoms with Gasteiger partial charge in [0.1, 0.15) is 4.60 Å². The molecule has 0 saturated carbocycles. The summed E-state index contributed by atoms with van der Waals surface area (Å²) in [6.45, 7) is 3.09. The average molecular weight is 242 g/mol. The second-order valence-corrected chi connectivity index (χ2v) is 3.94. The third-order valence-electron chi connectivity index (χ3n) is 2.19. The smallest absolute Gasteiger partial charge is 0.106 e. The molecule has 3 nitrogen and oxygen atoms in total. The van der Waals surface area contributed by atoms with Crippen LogP contribution in [0.4, 0.5) is 0 Å². The average Bonchev–Trinajstić information content (AvgIpc) is 2.19. The molecule has 0 unspecified atom stereocenters. The molecule has 0 aliphatic carbocycles. The minimum absolute atomic E-state index is 0.424. The molecule has 1 aromatic heterocycles. The van der Waals surface area contributed by atoms with E-state index in [9.17, 15) is 0 Å². The first-order valence-electron chi connectivity index (χ1n) is 4.42. The van der Waals surface area contributed by atoms with E-state index in [1.54, 1.807) is 0 Å². The summed E-state index contributed by atoms with van der Waals surface area (Å²) < 4.78 is 0.900. The predicted molar refractivity (Wildman–Crippen MR) is 55.6 cm³/mol. The van der Waals surface area contributed by atoms with E-state index in [1.807, 2.05) is 6.20 Å². The van der Waals surface area contributed by atoms with E-state index >= 15 is 0 Å². The zero-order valence-electron chi connectivity index (χ0n) is 7.26. The number of hydrogen-bond acceptors (Lipinski definition) is 3. The molecule has 0 bridgehead atoms. The quantitative estimate of drug-likeness (QED) is 0.723. The van der Waals surface area contributed by atoms with Gasteiger partial charge in [-0.25, -0.2) is 4.98 Å². The maximum absolute atomic E-state index is 4.10. The highest BCUT2D eigenvalue weighted by molar-refractivity contribution is 9.10. The van der Waals surface area contributed by atoms with E-state index in [4.69, 9.17) is 0 Å². The Morgan fingerprint density at radius 2 is 2.38 bits per heavy atom. The largest absolute Gasteiger partial charge is 0.314 e. The SMILES string of the molecule is Brc1cc([C@H]2CNCCN2)ccn1. The molecule has 1 fully saturated rings. The van der Waals surface area contributed by atoms with Crippen LogP contribution >= 0.6 is 15.9 Å². The van der Waals surface area contributed by atoms with Gasteiger partial charge in [-0.1, -0.05) is 0 Å². The minimum atomic E-state index is 0.424. The van der Waals surface area contributed by atoms with Crippen LogP contribution in [-0.4, -0.2) is 24.6 Å². The van der Waals surface area contributed by atoms with Gasteiger partial charge in [-0.2, -0.15) is 0 Å². The van der Waals surface area contributed by atoms with Crippen LogP contribution in [0.15, 0.2) is 22.9 Å². The van der Waals surface area contributed by atoms with Crippen LogP contribution in [0.25, 0.3) is 0 Å². The topological polar surface area (TPSA) is 37.0 Å². The molecule has 0 spiro atoms. The summed E-state index contributed by atoms with van der Waals surface area (Å²) in [5, 5.41) is 6.81. The van der Waals surface area contributed by atoms with Crippen LogP contribution in [0.2, 0.25) is 0 Å². The van der Waals surface area contributed by atoms with Gasteiger partial charge in [0.15, 0.2) is 0 Å². The van der Waals surface area contributed by atoms with Crippen LogP contribution in [0.5, 0.6) is 0 Å². The molecule has 1 saturated heterocycles. The van der Waals surface area contributed by atoms with Crippen LogP contribution in [0.1, 0.15) is 11.6 Å². The Kier molecular flexibility index (Phi) is 2.93. The molecule has 70 valence electrons. The lowest BCUT2D eigenvalue weighted by molar-refractivity contribution is 0.430. The third kappa shape index (κ3) is 2.27. The number of rotatable bonds is 1. The Labute approximate surface area is 86.1 Å². The normalized spacial score (nSPS) is 23.0. The van der Waals surface area contributed by atoms with Gasteiger partial charge in [0.25, 0.3) is 0 Å². The number of aromatic nitrogens is 1. The Morgan fingerprint density at radius 1 is 1.46 bits per heavy atom. The van der Waals surface area contributed by atoms with E-state index < -0.39 is 0 Å². The highest BCUT2D eigenvalue weighted by Gasteiger charge is 2.13. The van der Waals surface area contributed by atoms with Gasteiger partial charge >= 0.3 is 0 Å². The number of hydrogen-bond donors (Lipinski definition) is 2. The third-order valence-corrected chi connectivity index (χ3v) is 2.63. The van der Waals surface area contributed by atoms with Gasteiger partial charge in [-0.15, -0.1) is 0 Å². The van der Waals surface area contributed by atoms with Gasteiger partial charge in [0.05, 0.1) is 0 Å². The van der Waals surface area contributed by atoms with Crippen molar-refractivity contribution in [3.63, 3.8) is 0 Å². The van der Waals surface area contributed by atoms with Gasteiger partial charge in [0, 0.05) is 31.9 Å².